The first-order valence-corrected chi connectivity index (χ1v) is 5.24. The Kier molecular flexibility index (Phi) is 4.40. The number of hydrogen-bond acceptors (Lipinski definition) is 3. The smallest absolute Gasteiger partial charge is 0.118 e. The van der Waals surface area contributed by atoms with E-state index in [0.29, 0.717) is 11.3 Å². The number of aromatic hydroxyl groups is 3. The maximum atomic E-state index is 8.93. The molecule has 3 nitrogen and oxygen atoms in total. The molecule has 0 amide bonds. The van der Waals surface area contributed by atoms with Gasteiger partial charge in [0.1, 0.15) is 17.2 Å². The monoisotopic (exact) mass is 232 g/mol. The lowest BCUT2D eigenvalue weighted by atomic mass is 10.2. The summed E-state index contributed by atoms with van der Waals surface area (Å²) in [5, 5.41) is 26.7. The van der Waals surface area contributed by atoms with Crippen molar-refractivity contribution in [3.63, 3.8) is 0 Å². The molecule has 90 valence electrons. The van der Waals surface area contributed by atoms with Crippen molar-refractivity contribution in [1.29, 1.82) is 0 Å². The van der Waals surface area contributed by atoms with Crippen molar-refractivity contribution in [3.8, 4) is 17.2 Å². The minimum absolute atomic E-state index is 0.185. The highest BCUT2D eigenvalue weighted by Gasteiger charge is 1.93. The highest BCUT2D eigenvalue weighted by molar-refractivity contribution is 5.37. The zero-order chi connectivity index (χ0) is 12.8. The molecule has 0 aliphatic carbocycles. The number of benzene rings is 2. The first-order chi connectivity index (χ1) is 8.00. The lowest BCUT2D eigenvalue weighted by Gasteiger charge is -1.96. The van der Waals surface area contributed by atoms with Crippen molar-refractivity contribution in [2.45, 2.75) is 13.8 Å². The molecule has 0 atom stereocenters. The lowest BCUT2D eigenvalue weighted by molar-refractivity contribution is 0.456. The molecule has 2 rings (SSSR count). The Balaban J connectivity index is 0.000000171. The van der Waals surface area contributed by atoms with Gasteiger partial charge in [-0.05, 0) is 49.2 Å². The first-order valence-electron chi connectivity index (χ1n) is 5.24. The molecule has 0 aliphatic rings. The molecule has 0 radical (unpaired) electrons. The van der Waals surface area contributed by atoms with Crippen molar-refractivity contribution in [3.05, 3.63) is 53.6 Å². The van der Waals surface area contributed by atoms with Gasteiger partial charge in [-0.2, -0.15) is 0 Å². The van der Waals surface area contributed by atoms with E-state index in [0.717, 1.165) is 5.56 Å². The fourth-order valence-corrected chi connectivity index (χ4v) is 1.20. The van der Waals surface area contributed by atoms with Gasteiger partial charge in [0.25, 0.3) is 0 Å². The minimum atomic E-state index is 0.185. The van der Waals surface area contributed by atoms with Gasteiger partial charge in [-0.25, -0.2) is 0 Å². The van der Waals surface area contributed by atoms with Gasteiger partial charge in [-0.3, -0.25) is 0 Å². The van der Waals surface area contributed by atoms with E-state index in [1.807, 2.05) is 25.1 Å². The average Bonchev–Trinajstić information content (AvgIpc) is 2.29. The minimum Gasteiger partial charge on any atom is -0.508 e. The van der Waals surface area contributed by atoms with Crippen LogP contribution in [0.5, 0.6) is 17.2 Å². The zero-order valence-corrected chi connectivity index (χ0v) is 9.88. The molecular formula is C14H16O3. The summed E-state index contributed by atoms with van der Waals surface area (Å²) < 4.78 is 0. The molecule has 0 bridgehead atoms. The summed E-state index contributed by atoms with van der Waals surface area (Å²) in [6, 6.07) is 11.7. The second kappa shape index (κ2) is 5.80. The summed E-state index contributed by atoms with van der Waals surface area (Å²) in [4.78, 5) is 0. The first kappa shape index (κ1) is 12.9. The fourth-order valence-electron chi connectivity index (χ4n) is 1.20. The Hall–Kier alpha value is -2.16. The van der Waals surface area contributed by atoms with Crippen molar-refractivity contribution in [2.24, 2.45) is 0 Å². The zero-order valence-electron chi connectivity index (χ0n) is 9.88. The van der Waals surface area contributed by atoms with E-state index < -0.39 is 0 Å². The molecule has 0 aliphatic heterocycles. The van der Waals surface area contributed by atoms with Crippen LogP contribution in [0.1, 0.15) is 11.1 Å². The van der Waals surface area contributed by atoms with Crippen molar-refractivity contribution in [2.75, 3.05) is 0 Å². The van der Waals surface area contributed by atoms with Gasteiger partial charge >= 0.3 is 0 Å². The van der Waals surface area contributed by atoms with Gasteiger partial charge in [0.15, 0.2) is 0 Å². The van der Waals surface area contributed by atoms with Crippen LogP contribution in [0.25, 0.3) is 0 Å². The van der Waals surface area contributed by atoms with Crippen LogP contribution < -0.4 is 0 Å². The summed E-state index contributed by atoms with van der Waals surface area (Å²) >= 11 is 0. The number of hydrogen-bond donors (Lipinski definition) is 3. The molecule has 0 heterocycles. The molecule has 17 heavy (non-hydrogen) atoms. The summed E-state index contributed by atoms with van der Waals surface area (Å²) in [7, 11) is 0. The van der Waals surface area contributed by atoms with Gasteiger partial charge in [0, 0.05) is 0 Å². The van der Waals surface area contributed by atoms with E-state index >= 15 is 0 Å². The van der Waals surface area contributed by atoms with E-state index in [1.54, 1.807) is 13.0 Å². The Labute approximate surface area is 101 Å². The SMILES string of the molecule is Cc1cc(O)ccc1O.Cc1ccccc1O. The van der Waals surface area contributed by atoms with E-state index in [1.165, 1.54) is 18.2 Å². The van der Waals surface area contributed by atoms with E-state index in [4.69, 9.17) is 15.3 Å². The third kappa shape index (κ3) is 4.07. The predicted octanol–water partition coefficient (Wildman–Crippen LogP) is 3.11. The van der Waals surface area contributed by atoms with Gasteiger partial charge < -0.3 is 15.3 Å². The van der Waals surface area contributed by atoms with Crippen molar-refractivity contribution < 1.29 is 15.3 Å². The van der Waals surface area contributed by atoms with Crippen LogP contribution in [-0.2, 0) is 0 Å². The highest BCUT2D eigenvalue weighted by atomic mass is 16.3. The fraction of sp³-hybridized carbons (Fsp3) is 0.143. The standard InChI is InChI=1S/C7H8O2.C7H8O/c1-5-4-6(8)2-3-7(5)9;1-6-4-2-3-5-7(6)8/h2-4,8-9H,1H3;2-5,8H,1H3. The topological polar surface area (TPSA) is 60.7 Å². The average molecular weight is 232 g/mol. The maximum Gasteiger partial charge on any atom is 0.118 e. The third-order valence-corrected chi connectivity index (χ3v) is 2.30. The van der Waals surface area contributed by atoms with E-state index in [-0.39, 0.29) is 11.5 Å². The number of rotatable bonds is 0. The quantitative estimate of drug-likeness (QED) is 0.612. The van der Waals surface area contributed by atoms with Crippen molar-refractivity contribution >= 4 is 0 Å². The summed E-state index contributed by atoms with van der Waals surface area (Å²) in [5.74, 6) is 0.769. The maximum absolute atomic E-state index is 8.93. The van der Waals surface area contributed by atoms with Crippen LogP contribution in [0.15, 0.2) is 42.5 Å². The van der Waals surface area contributed by atoms with Crippen LogP contribution in [0, 0.1) is 13.8 Å². The van der Waals surface area contributed by atoms with Crippen LogP contribution in [0.4, 0.5) is 0 Å². The summed E-state index contributed by atoms with van der Waals surface area (Å²) in [5.41, 5.74) is 1.61. The largest absolute Gasteiger partial charge is 0.508 e. The predicted molar refractivity (Wildman–Crippen MR) is 67.4 cm³/mol. The molecule has 0 spiro atoms. The molecule has 2 aromatic rings. The molecule has 0 fully saturated rings. The lowest BCUT2D eigenvalue weighted by Crippen LogP contribution is -1.71. The number of aryl methyl sites for hydroxylation is 2. The number of para-hydroxylation sites is 1. The number of phenols is 3. The van der Waals surface area contributed by atoms with Crippen LogP contribution >= 0.6 is 0 Å². The molecule has 3 heteroatoms. The Morgan fingerprint density at radius 2 is 1.29 bits per heavy atom. The van der Waals surface area contributed by atoms with Crippen LogP contribution in [0.3, 0.4) is 0 Å². The molecule has 3 N–H and O–H groups in total. The molecular weight excluding hydrogens is 216 g/mol. The molecule has 0 saturated heterocycles. The van der Waals surface area contributed by atoms with Gasteiger partial charge in [0.05, 0.1) is 0 Å². The molecule has 0 unspecified atom stereocenters. The van der Waals surface area contributed by atoms with Crippen LogP contribution in [-0.4, -0.2) is 15.3 Å². The van der Waals surface area contributed by atoms with Gasteiger partial charge in [0.2, 0.25) is 0 Å². The molecule has 0 aromatic heterocycles. The second-order valence-corrected chi connectivity index (χ2v) is 3.76. The Morgan fingerprint density at radius 3 is 1.71 bits per heavy atom. The number of phenolic OH excluding ortho intramolecular Hbond substituents is 3. The Morgan fingerprint density at radius 1 is 0.706 bits per heavy atom. The second-order valence-electron chi connectivity index (χ2n) is 3.76. The Bertz CT molecular complexity index is 472. The summed E-state index contributed by atoms with van der Waals surface area (Å²) in [6.07, 6.45) is 0. The van der Waals surface area contributed by atoms with Gasteiger partial charge in [-0.15, -0.1) is 0 Å². The highest BCUT2D eigenvalue weighted by Crippen LogP contribution is 2.19. The summed E-state index contributed by atoms with van der Waals surface area (Å²) in [6.45, 7) is 3.60. The molecule has 2 aromatic carbocycles. The normalized spacial score (nSPS) is 9.29. The van der Waals surface area contributed by atoms with E-state index in [2.05, 4.69) is 0 Å². The third-order valence-electron chi connectivity index (χ3n) is 2.30. The van der Waals surface area contributed by atoms with E-state index in [9.17, 15) is 0 Å². The van der Waals surface area contributed by atoms with Crippen LogP contribution in [0.2, 0.25) is 0 Å². The van der Waals surface area contributed by atoms with Gasteiger partial charge in [-0.1, -0.05) is 18.2 Å². The van der Waals surface area contributed by atoms with Crippen molar-refractivity contribution in [1.82, 2.24) is 0 Å². The molecule has 0 saturated carbocycles.